The normalized spacial score (nSPS) is 17.0. The summed E-state index contributed by atoms with van der Waals surface area (Å²) in [5, 5.41) is 0.0156. The molecule has 118 valence electrons. The third kappa shape index (κ3) is 2.69. The fraction of sp³-hybridized carbons (Fsp3) is 0.438. The Morgan fingerprint density at radius 1 is 1.09 bits per heavy atom. The number of aromatic nitrogens is 1. The number of nitrogens with two attached hydrogens (primary N) is 1. The van der Waals surface area contributed by atoms with E-state index in [1.807, 2.05) is 0 Å². The summed E-state index contributed by atoms with van der Waals surface area (Å²) in [7, 11) is 0. The first-order valence-electron chi connectivity index (χ1n) is 7.40. The number of anilines is 1. The van der Waals surface area contributed by atoms with E-state index in [0.717, 1.165) is 37.7 Å². The van der Waals surface area contributed by atoms with Crippen molar-refractivity contribution < 1.29 is 13.2 Å². The quantitative estimate of drug-likeness (QED) is 0.776. The average Bonchev–Trinajstić information content (AvgIpc) is 2.45. The molecule has 1 aliphatic carbocycles. The number of nitrogens with one attached hydrogen (secondary N) is 1. The molecule has 1 aromatic heterocycles. The van der Waals surface area contributed by atoms with Gasteiger partial charge in [0.1, 0.15) is 0 Å². The van der Waals surface area contributed by atoms with Crippen LogP contribution in [0.5, 0.6) is 0 Å². The number of fused-ring (bicyclic) bond motifs is 1. The Morgan fingerprint density at radius 2 is 1.77 bits per heavy atom. The molecule has 0 spiro atoms. The van der Waals surface area contributed by atoms with Gasteiger partial charge in [0.25, 0.3) is 0 Å². The number of nitrogen functional groups attached to an aromatic ring is 1. The Kier molecular flexibility index (Phi) is 3.62. The van der Waals surface area contributed by atoms with E-state index in [9.17, 15) is 18.0 Å². The summed E-state index contributed by atoms with van der Waals surface area (Å²) in [5.41, 5.74) is 5.71. The first-order valence-corrected chi connectivity index (χ1v) is 7.40. The number of rotatable bonds is 1. The number of hydrogen-bond acceptors (Lipinski definition) is 2. The van der Waals surface area contributed by atoms with E-state index in [0.29, 0.717) is 11.8 Å². The molecule has 6 heteroatoms. The molecule has 1 heterocycles. The van der Waals surface area contributed by atoms with Crippen molar-refractivity contribution in [1.29, 1.82) is 0 Å². The largest absolute Gasteiger partial charge is 0.417 e. The second kappa shape index (κ2) is 5.34. The maximum atomic E-state index is 13.2. The smallest absolute Gasteiger partial charge is 0.398 e. The molecule has 0 amide bonds. The molecular weight excluding hydrogens is 293 g/mol. The van der Waals surface area contributed by atoms with Crippen LogP contribution in [0.3, 0.4) is 0 Å². The average molecular weight is 310 g/mol. The van der Waals surface area contributed by atoms with Gasteiger partial charge in [0.15, 0.2) is 0 Å². The third-order valence-corrected chi connectivity index (χ3v) is 4.40. The first-order chi connectivity index (χ1) is 10.4. The van der Waals surface area contributed by atoms with E-state index in [2.05, 4.69) is 4.98 Å². The van der Waals surface area contributed by atoms with Crippen LogP contribution in [0.15, 0.2) is 23.0 Å². The number of halogens is 3. The zero-order chi connectivity index (χ0) is 15.9. The van der Waals surface area contributed by atoms with Crippen LogP contribution in [0.25, 0.3) is 10.9 Å². The standard InChI is InChI=1S/C16H17F3N2O/c17-16(18,19)12-7-15(22)21-14-8-13(20)10(6-11(12)14)9-4-2-1-3-5-9/h6-9H,1-5,20H2,(H,21,22). The number of hydrogen-bond donors (Lipinski definition) is 2. The molecule has 0 aliphatic heterocycles. The van der Waals surface area contributed by atoms with E-state index in [1.54, 1.807) is 0 Å². The zero-order valence-corrected chi connectivity index (χ0v) is 12.0. The van der Waals surface area contributed by atoms with Crippen molar-refractivity contribution in [2.24, 2.45) is 0 Å². The number of pyridine rings is 1. The maximum Gasteiger partial charge on any atom is 0.417 e. The van der Waals surface area contributed by atoms with Gasteiger partial charge in [-0.15, -0.1) is 0 Å². The highest BCUT2D eigenvalue weighted by Crippen LogP contribution is 2.39. The van der Waals surface area contributed by atoms with Gasteiger partial charge in [0.05, 0.1) is 11.1 Å². The Balaban J connectivity index is 2.22. The summed E-state index contributed by atoms with van der Waals surface area (Å²) in [6.07, 6.45) is 0.623. The fourth-order valence-corrected chi connectivity index (χ4v) is 3.34. The highest BCUT2D eigenvalue weighted by Gasteiger charge is 2.33. The van der Waals surface area contributed by atoms with Crippen molar-refractivity contribution in [3.8, 4) is 0 Å². The van der Waals surface area contributed by atoms with Gasteiger partial charge in [-0.1, -0.05) is 19.3 Å². The summed E-state index contributed by atoms with van der Waals surface area (Å²) in [6, 6.07) is 3.58. The monoisotopic (exact) mass is 310 g/mol. The molecule has 1 fully saturated rings. The third-order valence-electron chi connectivity index (χ3n) is 4.40. The molecule has 3 nitrogen and oxygen atoms in total. The predicted molar refractivity (Wildman–Crippen MR) is 79.8 cm³/mol. The van der Waals surface area contributed by atoms with Gasteiger partial charge in [-0.3, -0.25) is 4.79 Å². The Bertz CT molecular complexity index is 758. The van der Waals surface area contributed by atoms with Crippen LogP contribution in [0.4, 0.5) is 18.9 Å². The summed E-state index contributed by atoms with van der Waals surface area (Å²) < 4.78 is 39.6. The molecule has 1 saturated carbocycles. The minimum atomic E-state index is -4.56. The minimum absolute atomic E-state index is 0.0156. The lowest BCUT2D eigenvalue weighted by Gasteiger charge is -2.24. The van der Waals surface area contributed by atoms with E-state index in [1.165, 1.54) is 12.1 Å². The van der Waals surface area contributed by atoms with Crippen molar-refractivity contribution in [3.63, 3.8) is 0 Å². The topological polar surface area (TPSA) is 58.9 Å². The summed E-state index contributed by atoms with van der Waals surface area (Å²) >= 11 is 0. The number of H-pyrrole nitrogens is 1. The molecule has 22 heavy (non-hydrogen) atoms. The molecule has 0 atom stereocenters. The van der Waals surface area contributed by atoms with Crippen LogP contribution >= 0.6 is 0 Å². The van der Waals surface area contributed by atoms with Crippen molar-refractivity contribution in [2.45, 2.75) is 44.2 Å². The molecule has 1 aliphatic rings. The van der Waals surface area contributed by atoms with Gasteiger partial charge in [-0.05, 0) is 36.5 Å². The molecular formula is C16H17F3N2O. The van der Waals surface area contributed by atoms with Crippen LogP contribution in [0.1, 0.15) is 49.1 Å². The van der Waals surface area contributed by atoms with Crippen molar-refractivity contribution in [3.05, 3.63) is 39.7 Å². The highest BCUT2D eigenvalue weighted by molar-refractivity contribution is 5.87. The Hall–Kier alpha value is -1.98. The second-order valence-corrected chi connectivity index (χ2v) is 5.91. The number of benzene rings is 1. The van der Waals surface area contributed by atoms with Gasteiger partial charge >= 0.3 is 6.18 Å². The SMILES string of the molecule is Nc1cc2[nH]c(=O)cc(C(F)(F)F)c2cc1C1CCCCC1. The minimum Gasteiger partial charge on any atom is -0.398 e. The predicted octanol–water partition coefficient (Wildman–Crippen LogP) is 4.18. The van der Waals surface area contributed by atoms with Crippen LogP contribution in [0, 0.1) is 0 Å². The van der Waals surface area contributed by atoms with E-state index < -0.39 is 17.3 Å². The van der Waals surface area contributed by atoms with Crippen LogP contribution in [-0.2, 0) is 6.18 Å². The van der Waals surface area contributed by atoms with Crippen LogP contribution < -0.4 is 11.3 Å². The van der Waals surface area contributed by atoms with Crippen molar-refractivity contribution >= 4 is 16.6 Å². The van der Waals surface area contributed by atoms with Crippen LogP contribution in [-0.4, -0.2) is 4.98 Å². The van der Waals surface area contributed by atoms with Gasteiger partial charge < -0.3 is 10.7 Å². The van der Waals surface area contributed by atoms with E-state index in [-0.39, 0.29) is 16.8 Å². The van der Waals surface area contributed by atoms with Crippen molar-refractivity contribution in [1.82, 2.24) is 4.98 Å². The lowest BCUT2D eigenvalue weighted by Crippen LogP contribution is -2.15. The first kappa shape index (κ1) is 14.9. The molecule has 0 unspecified atom stereocenters. The van der Waals surface area contributed by atoms with Crippen LogP contribution in [0.2, 0.25) is 0 Å². The fourth-order valence-electron chi connectivity index (χ4n) is 3.34. The molecule has 0 bridgehead atoms. The maximum absolute atomic E-state index is 13.2. The van der Waals surface area contributed by atoms with Crippen molar-refractivity contribution in [2.75, 3.05) is 5.73 Å². The van der Waals surface area contributed by atoms with Gasteiger partial charge in [0, 0.05) is 17.1 Å². The second-order valence-electron chi connectivity index (χ2n) is 5.91. The number of aromatic amines is 1. The van der Waals surface area contributed by atoms with Gasteiger partial charge in [0.2, 0.25) is 5.56 Å². The molecule has 2 aromatic rings. The summed E-state index contributed by atoms with van der Waals surface area (Å²) in [5.74, 6) is 0.200. The summed E-state index contributed by atoms with van der Waals surface area (Å²) in [4.78, 5) is 13.9. The highest BCUT2D eigenvalue weighted by atomic mass is 19.4. The number of alkyl halides is 3. The van der Waals surface area contributed by atoms with Gasteiger partial charge in [-0.2, -0.15) is 13.2 Å². The Labute approximate surface area is 125 Å². The zero-order valence-electron chi connectivity index (χ0n) is 12.0. The lowest BCUT2D eigenvalue weighted by molar-refractivity contribution is -0.136. The van der Waals surface area contributed by atoms with E-state index >= 15 is 0 Å². The molecule has 3 rings (SSSR count). The molecule has 3 N–H and O–H groups in total. The Morgan fingerprint density at radius 3 is 2.41 bits per heavy atom. The summed E-state index contributed by atoms with van der Waals surface area (Å²) in [6.45, 7) is 0. The molecule has 0 saturated heterocycles. The van der Waals surface area contributed by atoms with E-state index in [4.69, 9.17) is 5.73 Å². The lowest BCUT2D eigenvalue weighted by atomic mass is 9.82. The molecule has 1 aromatic carbocycles. The van der Waals surface area contributed by atoms with Gasteiger partial charge in [-0.25, -0.2) is 0 Å². The molecule has 0 radical (unpaired) electrons.